The first-order valence-corrected chi connectivity index (χ1v) is 9.93. The van der Waals surface area contributed by atoms with E-state index < -0.39 is 0 Å². The van der Waals surface area contributed by atoms with Crippen molar-refractivity contribution >= 4 is 22.8 Å². The number of carbonyl (C=O) groups excluding carboxylic acids is 1. The maximum Gasteiger partial charge on any atom is 0.222 e. The van der Waals surface area contributed by atoms with E-state index in [0.29, 0.717) is 36.9 Å². The molecule has 8 heteroatoms. The third kappa shape index (κ3) is 3.92. The fourth-order valence-corrected chi connectivity index (χ4v) is 3.66. The number of carbonyl (C=O) groups is 1. The molecule has 29 heavy (non-hydrogen) atoms. The van der Waals surface area contributed by atoms with Gasteiger partial charge in [0.25, 0.3) is 0 Å². The van der Waals surface area contributed by atoms with Crippen LogP contribution in [0.3, 0.4) is 0 Å². The Hall–Kier alpha value is -3.03. The minimum atomic E-state index is -0.290. The average molecular weight is 396 g/mol. The number of piperazine rings is 1. The minimum absolute atomic E-state index is 0.216. The molecule has 1 amide bonds. The van der Waals surface area contributed by atoms with E-state index in [2.05, 4.69) is 33.8 Å². The van der Waals surface area contributed by atoms with Crippen molar-refractivity contribution in [3.63, 3.8) is 0 Å². The van der Waals surface area contributed by atoms with Crippen molar-refractivity contribution < 1.29 is 9.18 Å². The summed E-state index contributed by atoms with van der Waals surface area (Å²) in [5.74, 6) is 1.77. The summed E-state index contributed by atoms with van der Waals surface area (Å²) in [4.78, 5) is 25.7. The molecule has 2 aromatic heterocycles. The van der Waals surface area contributed by atoms with Crippen LogP contribution in [0.15, 0.2) is 30.5 Å². The Labute approximate surface area is 169 Å². The van der Waals surface area contributed by atoms with Gasteiger partial charge in [0.15, 0.2) is 5.65 Å². The summed E-state index contributed by atoms with van der Waals surface area (Å²) in [7, 11) is 0. The Morgan fingerprint density at radius 1 is 1.10 bits per heavy atom. The molecule has 0 aliphatic carbocycles. The van der Waals surface area contributed by atoms with Crippen molar-refractivity contribution in [1.29, 1.82) is 0 Å². The van der Waals surface area contributed by atoms with E-state index in [1.165, 1.54) is 12.1 Å². The molecule has 1 aliphatic rings. The molecule has 0 bridgehead atoms. The van der Waals surface area contributed by atoms with Gasteiger partial charge in [-0.15, -0.1) is 0 Å². The molecule has 7 nitrogen and oxygen atoms in total. The molecule has 1 aromatic carbocycles. The van der Waals surface area contributed by atoms with Gasteiger partial charge in [0.2, 0.25) is 5.91 Å². The number of hydrogen-bond donors (Lipinski definition) is 0. The number of aryl methyl sites for hydroxylation is 1. The van der Waals surface area contributed by atoms with Gasteiger partial charge in [0.05, 0.1) is 17.3 Å². The normalized spacial score (nSPS) is 14.8. The van der Waals surface area contributed by atoms with Crippen LogP contribution in [0.4, 0.5) is 10.2 Å². The van der Waals surface area contributed by atoms with Crippen molar-refractivity contribution in [2.45, 2.75) is 27.2 Å². The molecule has 3 aromatic rings. The van der Waals surface area contributed by atoms with Gasteiger partial charge in [-0.1, -0.05) is 13.8 Å². The van der Waals surface area contributed by atoms with Gasteiger partial charge in [0.1, 0.15) is 17.5 Å². The second kappa shape index (κ2) is 7.77. The SMILES string of the molecule is Cc1nc(N2CCN(C(=O)CC(C)C)CC2)c2cnn(-c3ccc(F)cc3)c2n1. The predicted molar refractivity (Wildman–Crippen MR) is 110 cm³/mol. The number of amides is 1. The van der Waals surface area contributed by atoms with Crippen LogP contribution in [0, 0.1) is 18.7 Å². The molecule has 1 aliphatic heterocycles. The fourth-order valence-electron chi connectivity index (χ4n) is 3.66. The molecule has 0 atom stereocenters. The Bertz CT molecular complexity index is 1020. The molecule has 152 valence electrons. The van der Waals surface area contributed by atoms with Crippen molar-refractivity contribution in [1.82, 2.24) is 24.6 Å². The fraction of sp³-hybridized carbons (Fsp3) is 0.429. The van der Waals surface area contributed by atoms with Gasteiger partial charge < -0.3 is 9.80 Å². The number of nitrogens with zero attached hydrogens (tertiary/aromatic N) is 6. The predicted octanol–water partition coefficient (Wildman–Crippen LogP) is 2.96. The standard InChI is InChI=1S/C21H25FN6O/c1-14(2)12-19(29)26-8-10-27(11-9-26)20-18-13-23-28(21(18)25-15(3)24-20)17-6-4-16(22)5-7-17/h4-7,13-14H,8-12H2,1-3H3. The minimum Gasteiger partial charge on any atom is -0.352 e. The smallest absolute Gasteiger partial charge is 0.222 e. The van der Waals surface area contributed by atoms with Crippen LogP contribution in [0.5, 0.6) is 0 Å². The van der Waals surface area contributed by atoms with Gasteiger partial charge in [-0.05, 0) is 37.1 Å². The van der Waals surface area contributed by atoms with E-state index in [0.717, 1.165) is 30.0 Å². The van der Waals surface area contributed by atoms with Crippen LogP contribution in [-0.4, -0.2) is 56.7 Å². The Kier molecular flexibility index (Phi) is 5.17. The summed E-state index contributed by atoms with van der Waals surface area (Å²) in [6.45, 7) is 8.78. The molecule has 0 radical (unpaired) electrons. The molecular weight excluding hydrogens is 371 g/mol. The van der Waals surface area contributed by atoms with Crippen LogP contribution < -0.4 is 4.90 Å². The van der Waals surface area contributed by atoms with Gasteiger partial charge in [0, 0.05) is 32.6 Å². The summed E-state index contributed by atoms with van der Waals surface area (Å²) in [6.07, 6.45) is 2.34. The number of hydrogen-bond acceptors (Lipinski definition) is 5. The lowest BCUT2D eigenvalue weighted by atomic mass is 10.1. The van der Waals surface area contributed by atoms with E-state index in [1.807, 2.05) is 11.8 Å². The summed E-state index contributed by atoms with van der Waals surface area (Å²) < 4.78 is 15.0. The second-order valence-corrected chi connectivity index (χ2v) is 7.83. The Balaban J connectivity index is 1.60. The van der Waals surface area contributed by atoms with Gasteiger partial charge in [-0.25, -0.2) is 19.0 Å². The van der Waals surface area contributed by atoms with Crippen LogP contribution in [-0.2, 0) is 4.79 Å². The Morgan fingerprint density at radius 3 is 2.45 bits per heavy atom. The molecule has 4 rings (SSSR count). The van der Waals surface area contributed by atoms with E-state index in [4.69, 9.17) is 0 Å². The first-order valence-electron chi connectivity index (χ1n) is 9.93. The van der Waals surface area contributed by atoms with Crippen LogP contribution in [0.25, 0.3) is 16.7 Å². The topological polar surface area (TPSA) is 67.2 Å². The van der Waals surface area contributed by atoms with Crippen molar-refractivity contribution in [2.75, 3.05) is 31.1 Å². The summed E-state index contributed by atoms with van der Waals surface area (Å²) in [5, 5.41) is 5.32. The number of benzene rings is 1. The van der Waals surface area contributed by atoms with Gasteiger partial charge in [-0.3, -0.25) is 4.79 Å². The quantitative estimate of drug-likeness (QED) is 0.678. The van der Waals surface area contributed by atoms with Crippen LogP contribution in [0.1, 0.15) is 26.1 Å². The summed E-state index contributed by atoms with van der Waals surface area (Å²) in [6, 6.07) is 6.17. The highest BCUT2D eigenvalue weighted by Crippen LogP contribution is 2.26. The number of rotatable bonds is 4. The molecule has 3 heterocycles. The highest BCUT2D eigenvalue weighted by atomic mass is 19.1. The lowest BCUT2D eigenvalue weighted by Gasteiger charge is -2.36. The van der Waals surface area contributed by atoms with E-state index >= 15 is 0 Å². The largest absolute Gasteiger partial charge is 0.352 e. The number of anilines is 1. The van der Waals surface area contributed by atoms with E-state index in [9.17, 15) is 9.18 Å². The Morgan fingerprint density at radius 2 is 1.79 bits per heavy atom. The van der Waals surface area contributed by atoms with Crippen molar-refractivity contribution in [2.24, 2.45) is 5.92 Å². The number of aromatic nitrogens is 4. The third-order valence-electron chi connectivity index (χ3n) is 5.11. The lowest BCUT2D eigenvalue weighted by molar-refractivity contribution is -0.132. The lowest BCUT2D eigenvalue weighted by Crippen LogP contribution is -2.49. The highest BCUT2D eigenvalue weighted by Gasteiger charge is 2.25. The van der Waals surface area contributed by atoms with Crippen LogP contribution >= 0.6 is 0 Å². The third-order valence-corrected chi connectivity index (χ3v) is 5.11. The monoisotopic (exact) mass is 396 g/mol. The van der Waals surface area contributed by atoms with E-state index in [-0.39, 0.29) is 11.7 Å². The molecule has 0 spiro atoms. The molecule has 0 saturated carbocycles. The molecule has 1 saturated heterocycles. The second-order valence-electron chi connectivity index (χ2n) is 7.83. The zero-order valence-electron chi connectivity index (χ0n) is 17.0. The van der Waals surface area contributed by atoms with Crippen molar-refractivity contribution in [3.05, 3.63) is 42.1 Å². The van der Waals surface area contributed by atoms with E-state index in [1.54, 1.807) is 23.0 Å². The zero-order valence-corrected chi connectivity index (χ0v) is 17.0. The first kappa shape index (κ1) is 19.3. The molecule has 0 N–H and O–H groups in total. The average Bonchev–Trinajstić information content (AvgIpc) is 3.11. The highest BCUT2D eigenvalue weighted by molar-refractivity contribution is 5.88. The zero-order chi connectivity index (χ0) is 20.5. The summed E-state index contributed by atoms with van der Waals surface area (Å²) >= 11 is 0. The number of fused-ring (bicyclic) bond motifs is 1. The first-order chi connectivity index (χ1) is 13.9. The molecule has 0 unspecified atom stereocenters. The number of halogens is 1. The maximum absolute atomic E-state index is 13.3. The summed E-state index contributed by atoms with van der Waals surface area (Å²) in [5.41, 5.74) is 1.44. The molecule has 1 fully saturated rings. The van der Waals surface area contributed by atoms with Gasteiger partial charge in [-0.2, -0.15) is 5.10 Å². The van der Waals surface area contributed by atoms with Crippen LogP contribution in [0.2, 0.25) is 0 Å². The van der Waals surface area contributed by atoms with Gasteiger partial charge >= 0.3 is 0 Å². The maximum atomic E-state index is 13.3. The molecular formula is C21H25FN6O. The van der Waals surface area contributed by atoms with Crippen molar-refractivity contribution in [3.8, 4) is 5.69 Å².